The fraction of sp³-hybridized carbons (Fsp3) is 0.133. The van der Waals surface area contributed by atoms with Crippen LogP contribution in [0.2, 0.25) is 6.55 Å². The van der Waals surface area contributed by atoms with E-state index in [-0.39, 0.29) is 5.91 Å². The maximum absolute atomic E-state index is 12.0. The van der Waals surface area contributed by atoms with Crippen LogP contribution in [0.5, 0.6) is 0 Å². The molecule has 0 N–H and O–H groups in total. The number of anilines is 2. The van der Waals surface area contributed by atoms with Crippen LogP contribution >= 0.6 is 0 Å². The van der Waals surface area contributed by atoms with Crippen LogP contribution in [0.3, 0.4) is 0 Å². The van der Waals surface area contributed by atoms with Gasteiger partial charge in [0, 0.05) is 18.3 Å². The number of rotatable bonds is 0. The van der Waals surface area contributed by atoms with Crippen LogP contribution in [-0.4, -0.2) is 14.7 Å². The van der Waals surface area contributed by atoms with E-state index in [0.29, 0.717) is 0 Å². The van der Waals surface area contributed by atoms with Crippen molar-refractivity contribution in [3.63, 3.8) is 0 Å². The van der Waals surface area contributed by atoms with Gasteiger partial charge >= 0.3 is 0 Å². The first kappa shape index (κ1) is 11.2. The van der Waals surface area contributed by atoms with E-state index in [9.17, 15) is 4.79 Å². The zero-order valence-electron chi connectivity index (χ0n) is 10.6. The minimum Gasteiger partial charge on any atom is -0.282 e. The van der Waals surface area contributed by atoms with Gasteiger partial charge in [0.1, 0.15) is 8.80 Å². The predicted molar refractivity (Wildman–Crippen MR) is 78.0 cm³/mol. The van der Waals surface area contributed by atoms with E-state index in [1.165, 1.54) is 10.4 Å². The molecule has 0 saturated heterocycles. The summed E-state index contributed by atoms with van der Waals surface area (Å²) in [5.41, 5.74) is 2.14. The summed E-state index contributed by atoms with van der Waals surface area (Å²) in [7, 11) is -1.16. The van der Waals surface area contributed by atoms with Gasteiger partial charge in [0.25, 0.3) is 0 Å². The normalized spacial score (nSPS) is 14.0. The Morgan fingerprint density at radius 3 is 1.83 bits per heavy atom. The first-order valence-corrected chi connectivity index (χ1v) is 8.49. The van der Waals surface area contributed by atoms with Crippen molar-refractivity contribution in [2.24, 2.45) is 0 Å². The topological polar surface area (TPSA) is 20.3 Å². The molecule has 0 spiro atoms. The SMILES string of the molecule is CC(=O)N1c2ccccc2[SiH](C)c2ccccc21. The van der Waals surface area contributed by atoms with E-state index in [0.717, 1.165) is 11.4 Å². The number of carbonyl (C=O) groups is 1. The van der Waals surface area contributed by atoms with Gasteiger partial charge in [-0.3, -0.25) is 9.69 Å². The lowest BCUT2D eigenvalue weighted by Gasteiger charge is -2.33. The maximum Gasteiger partial charge on any atom is 0.228 e. The summed E-state index contributed by atoms with van der Waals surface area (Å²) < 4.78 is 0. The van der Waals surface area contributed by atoms with Crippen molar-refractivity contribution in [3.8, 4) is 0 Å². The fourth-order valence-corrected chi connectivity index (χ4v) is 5.22. The van der Waals surface area contributed by atoms with E-state index in [2.05, 4.69) is 42.9 Å². The highest BCUT2D eigenvalue weighted by molar-refractivity contribution is 6.87. The molecule has 0 saturated carbocycles. The molecule has 0 fully saturated rings. The highest BCUT2D eigenvalue weighted by atomic mass is 28.3. The fourth-order valence-electron chi connectivity index (χ4n) is 2.75. The molecule has 1 aliphatic rings. The summed E-state index contributed by atoms with van der Waals surface area (Å²) in [5.74, 6) is 0.0794. The lowest BCUT2D eigenvalue weighted by atomic mass is 10.2. The molecule has 0 aliphatic carbocycles. The molecule has 2 nitrogen and oxygen atoms in total. The molecule has 0 radical (unpaired) electrons. The number of fused-ring (bicyclic) bond motifs is 2. The molecule has 18 heavy (non-hydrogen) atoms. The standard InChI is InChI=1S/C15H15NOSi/c1-11(17)16-12-7-3-5-9-14(12)18(2)15-10-6-4-8-13(15)16/h3-10,18H,1-2H3. The molecule has 90 valence electrons. The van der Waals surface area contributed by atoms with Gasteiger partial charge in [-0.25, -0.2) is 0 Å². The second-order valence-electron chi connectivity index (χ2n) is 4.69. The molecule has 1 heterocycles. The van der Waals surface area contributed by atoms with Gasteiger partial charge in [-0.2, -0.15) is 0 Å². The van der Waals surface area contributed by atoms with Crippen molar-refractivity contribution < 1.29 is 4.79 Å². The molecule has 3 rings (SSSR count). The minimum atomic E-state index is -1.16. The van der Waals surface area contributed by atoms with Crippen molar-refractivity contribution in [2.75, 3.05) is 4.90 Å². The third kappa shape index (κ3) is 1.51. The number of carbonyl (C=O) groups excluding carboxylic acids is 1. The average Bonchev–Trinajstić information content (AvgIpc) is 2.39. The van der Waals surface area contributed by atoms with Crippen LogP contribution in [0.15, 0.2) is 48.5 Å². The Labute approximate surface area is 108 Å². The van der Waals surface area contributed by atoms with Crippen molar-refractivity contribution in [2.45, 2.75) is 13.5 Å². The number of hydrogen-bond acceptors (Lipinski definition) is 1. The van der Waals surface area contributed by atoms with Gasteiger partial charge in [0.2, 0.25) is 5.91 Å². The number of para-hydroxylation sites is 2. The summed E-state index contributed by atoms with van der Waals surface area (Å²) in [6.45, 7) is 3.96. The second-order valence-corrected chi connectivity index (χ2v) is 7.38. The number of nitrogens with zero attached hydrogens (tertiary/aromatic N) is 1. The van der Waals surface area contributed by atoms with Crippen LogP contribution in [0, 0.1) is 0 Å². The van der Waals surface area contributed by atoms with E-state index < -0.39 is 8.80 Å². The van der Waals surface area contributed by atoms with Gasteiger partial charge in [0.05, 0.1) is 0 Å². The van der Waals surface area contributed by atoms with Crippen molar-refractivity contribution >= 4 is 36.5 Å². The van der Waals surface area contributed by atoms with Gasteiger partial charge in [-0.05, 0) is 22.5 Å². The third-order valence-corrected chi connectivity index (χ3v) is 6.45. The average molecular weight is 253 g/mol. The zero-order valence-corrected chi connectivity index (χ0v) is 11.7. The van der Waals surface area contributed by atoms with Crippen LogP contribution in [-0.2, 0) is 4.79 Å². The minimum absolute atomic E-state index is 0.0794. The lowest BCUT2D eigenvalue weighted by Crippen LogP contribution is -2.50. The number of hydrogen-bond donors (Lipinski definition) is 0. The van der Waals surface area contributed by atoms with E-state index in [4.69, 9.17) is 0 Å². The zero-order chi connectivity index (χ0) is 12.7. The smallest absolute Gasteiger partial charge is 0.228 e. The monoisotopic (exact) mass is 253 g/mol. The van der Waals surface area contributed by atoms with E-state index >= 15 is 0 Å². The van der Waals surface area contributed by atoms with Crippen molar-refractivity contribution in [1.82, 2.24) is 0 Å². The first-order chi connectivity index (χ1) is 8.70. The predicted octanol–water partition coefficient (Wildman–Crippen LogP) is 1.66. The molecule has 1 aliphatic heterocycles. The van der Waals surface area contributed by atoms with Crippen LogP contribution < -0.4 is 15.3 Å². The van der Waals surface area contributed by atoms with Gasteiger partial charge in [-0.15, -0.1) is 0 Å². The van der Waals surface area contributed by atoms with Crippen LogP contribution in [0.1, 0.15) is 6.92 Å². The molecule has 2 aromatic carbocycles. The van der Waals surface area contributed by atoms with Crippen molar-refractivity contribution in [1.29, 1.82) is 0 Å². The molecule has 0 unspecified atom stereocenters. The summed E-state index contributed by atoms with van der Waals surface area (Å²) in [6.07, 6.45) is 0. The first-order valence-electron chi connectivity index (χ1n) is 6.18. The maximum atomic E-state index is 12.0. The Bertz CT molecular complexity index is 576. The quantitative estimate of drug-likeness (QED) is 0.654. The largest absolute Gasteiger partial charge is 0.282 e. The van der Waals surface area contributed by atoms with Gasteiger partial charge in [0.15, 0.2) is 0 Å². The highest BCUT2D eigenvalue weighted by Gasteiger charge is 2.29. The second kappa shape index (κ2) is 4.10. The molecule has 0 atom stereocenters. The molecule has 0 bridgehead atoms. The Morgan fingerprint density at radius 1 is 0.944 bits per heavy atom. The molecule has 3 heteroatoms. The van der Waals surface area contributed by atoms with E-state index in [1.807, 2.05) is 17.0 Å². The Hall–Kier alpha value is -1.87. The molecular formula is C15H15NOSi. The van der Waals surface area contributed by atoms with Crippen molar-refractivity contribution in [3.05, 3.63) is 48.5 Å². The molecule has 1 amide bonds. The molecule has 2 aromatic rings. The third-order valence-electron chi connectivity index (χ3n) is 3.60. The number of benzene rings is 2. The summed E-state index contributed by atoms with van der Waals surface area (Å²) in [4.78, 5) is 13.8. The van der Waals surface area contributed by atoms with Crippen LogP contribution in [0.4, 0.5) is 11.4 Å². The Morgan fingerprint density at radius 2 is 1.39 bits per heavy atom. The molecule has 0 aromatic heterocycles. The van der Waals surface area contributed by atoms with Gasteiger partial charge in [-0.1, -0.05) is 42.9 Å². The Kier molecular flexibility index (Phi) is 2.56. The summed E-state index contributed by atoms with van der Waals surface area (Å²) in [5, 5.41) is 2.71. The molecular weight excluding hydrogens is 238 g/mol. The van der Waals surface area contributed by atoms with Crippen LogP contribution in [0.25, 0.3) is 0 Å². The highest BCUT2D eigenvalue weighted by Crippen LogP contribution is 2.27. The summed E-state index contributed by atoms with van der Waals surface area (Å²) >= 11 is 0. The Balaban J connectivity index is 2.30. The number of amides is 1. The lowest BCUT2D eigenvalue weighted by molar-refractivity contribution is -0.115. The van der Waals surface area contributed by atoms with Gasteiger partial charge < -0.3 is 0 Å². The van der Waals surface area contributed by atoms with E-state index in [1.54, 1.807) is 6.92 Å². The summed E-state index contributed by atoms with van der Waals surface area (Å²) in [6, 6.07) is 16.6.